The van der Waals surface area contributed by atoms with E-state index in [2.05, 4.69) is 4.98 Å². The Morgan fingerprint density at radius 3 is 2.25 bits per heavy atom. The lowest BCUT2D eigenvalue weighted by molar-refractivity contribution is -0.184. The minimum Gasteiger partial charge on any atom is -0.323 e. The van der Waals surface area contributed by atoms with Crippen molar-refractivity contribution in [2.24, 2.45) is 5.73 Å². The van der Waals surface area contributed by atoms with E-state index < -0.39 is 27.5 Å². The van der Waals surface area contributed by atoms with Gasteiger partial charge in [0.1, 0.15) is 0 Å². The summed E-state index contributed by atoms with van der Waals surface area (Å²) < 4.78 is 59.9. The summed E-state index contributed by atoms with van der Waals surface area (Å²) in [7, 11) is -3.53. The molecule has 0 saturated heterocycles. The van der Waals surface area contributed by atoms with E-state index in [-0.39, 0.29) is 10.7 Å². The first-order valence-electron chi connectivity index (χ1n) is 5.19. The average molecular weight is 311 g/mol. The van der Waals surface area contributed by atoms with Crippen LogP contribution in [0.25, 0.3) is 0 Å². The van der Waals surface area contributed by atoms with Gasteiger partial charge in [-0.25, -0.2) is 13.4 Å². The average Bonchev–Trinajstić information content (AvgIpc) is 2.26. The molecule has 1 heterocycles. The van der Waals surface area contributed by atoms with Crippen molar-refractivity contribution in [1.82, 2.24) is 4.98 Å². The molecule has 0 radical (unpaired) electrons. The van der Waals surface area contributed by atoms with Crippen LogP contribution in [0, 0.1) is 0 Å². The van der Waals surface area contributed by atoms with Gasteiger partial charge in [-0.2, -0.15) is 13.2 Å². The fourth-order valence-corrected chi connectivity index (χ4v) is 1.62. The minimum atomic E-state index is -4.92. The van der Waals surface area contributed by atoms with Crippen LogP contribution < -0.4 is 11.1 Å². The third kappa shape index (κ3) is 3.45. The zero-order chi connectivity index (χ0) is 15.8. The third-order valence-electron chi connectivity index (χ3n) is 2.43. The molecule has 20 heavy (non-hydrogen) atoms. The van der Waals surface area contributed by atoms with Crippen LogP contribution >= 0.6 is 0 Å². The van der Waals surface area contributed by atoms with Gasteiger partial charge in [0.15, 0.2) is 20.4 Å². The Balaban J connectivity index is 2.93. The molecular weight excluding hydrogens is 299 g/mol. The molecule has 112 valence electrons. The number of aromatic nitrogens is 1. The fraction of sp³-hybridized carbons (Fsp3) is 0.400. The molecule has 10 heteroatoms. The van der Waals surface area contributed by atoms with Crippen LogP contribution in [-0.4, -0.2) is 37.3 Å². The highest BCUT2D eigenvalue weighted by atomic mass is 32.2. The number of anilines is 1. The monoisotopic (exact) mass is 311 g/mol. The Labute approximate surface area is 113 Å². The van der Waals surface area contributed by atoms with Gasteiger partial charge >= 0.3 is 6.18 Å². The first-order valence-corrected chi connectivity index (χ1v) is 7.08. The van der Waals surface area contributed by atoms with Crippen LogP contribution in [0.3, 0.4) is 0 Å². The van der Waals surface area contributed by atoms with E-state index in [1.807, 2.05) is 5.32 Å². The third-order valence-corrected chi connectivity index (χ3v) is 3.44. The molecule has 1 unspecified atom stereocenters. The van der Waals surface area contributed by atoms with Gasteiger partial charge in [0.05, 0.1) is 11.9 Å². The SMILES string of the molecule is CC(N)(C(=O)Nc1ccc(S(C)(=O)=O)nc1)C(F)(F)F. The lowest BCUT2D eigenvalue weighted by atomic mass is 10.0. The number of sulfone groups is 1. The molecule has 0 bridgehead atoms. The summed E-state index contributed by atoms with van der Waals surface area (Å²) in [6.45, 7) is 0.528. The second kappa shape index (κ2) is 5.02. The second-order valence-electron chi connectivity index (χ2n) is 4.31. The van der Waals surface area contributed by atoms with Crippen molar-refractivity contribution < 1.29 is 26.4 Å². The number of hydrogen-bond acceptors (Lipinski definition) is 5. The molecular formula is C10H12F3N3O3S. The number of halogens is 3. The summed E-state index contributed by atoms with van der Waals surface area (Å²) in [6.07, 6.45) is -3.06. The van der Waals surface area contributed by atoms with Gasteiger partial charge in [-0.3, -0.25) is 4.79 Å². The summed E-state index contributed by atoms with van der Waals surface area (Å²) in [5, 5.41) is 1.66. The number of nitrogens with one attached hydrogen (secondary N) is 1. The van der Waals surface area contributed by atoms with Crippen LogP contribution in [0.4, 0.5) is 18.9 Å². The van der Waals surface area contributed by atoms with Gasteiger partial charge in [-0.05, 0) is 19.1 Å². The lowest BCUT2D eigenvalue weighted by Gasteiger charge is -2.26. The number of amides is 1. The number of rotatable bonds is 3. The summed E-state index contributed by atoms with van der Waals surface area (Å²) in [5.74, 6) is -1.47. The maximum atomic E-state index is 12.5. The molecule has 1 aromatic rings. The number of pyridine rings is 1. The molecule has 1 rings (SSSR count). The summed E-state index contributed by atoms with van der Waals surface area (Å²) >= 11 is 0. The van der Waals surface area contributed by atoms with Crippen LogP contribution in [0.5, 0.6) is 0 Å². The number of carbonyl (C=O) groups is 1. The minimum absolute atomic E-state index is 0.0941. The van der Waals surface area contributed by atoms with Crippen LogP contribution in [0.15, 0.2) is 23.4 Å². The van der Waals surface area contributed by atoms with Crippen molar-refractivity contribution in [3.05, 3.63) is 18.3 Å². The Kier molecular flexibility index (Phi) is 4.11. The van der Waals surface area contributed by atoms with Gasteiger partial charge in [-0.1, -0.05) is 0 Å². The molecule has 0 aromatic carbocycles. The van der Waals surface area contributed by atoms with E-state index >= 15 is 0 Å². The molecule has 0 spiro atoms. The smallest absolute Gasteiger partial charge is 0.323 e. The lowest BCUT2D eigenvalue weighted by Crippen LogP contribution is -2.59. The molecule has 3 N–H and O–H groups in total. The Hall–Kier alpha value is -1.68. The van der Waals surface area contributed by atoms with Gasteiger partial charge in [0, 0.05) is 6.26 Å². The quantitative estimate of drug-likeness (QED) is 0.855. The van der Waals surface area contributed by atoms with E-state index in [0.717, 1.165) is 24.6 Å². The van der Waals surface area contributed by atoms with E-state index in [1.54, 1.807) is 0 Å². The number of hydrogen-bond donors (Lipinski definition) is 2. The summed E-state index contributed by atoms with van der Waals surface area (Å²) in [4.78, 5) is 15.0. The maximum Gasteiger partial charge on any atom is 0.415 e. The fourth-order valence-electron chi connectivity index (χ4n) is 1.06. The van der Waals surface area contributed by atoms with Gasteiger partial charge in [-0.15, -0.1) is 0 Å². The summed E-state index contributed by atoms with van der Waals surface area (Å²) in [5.41, 5.74) is 1.77. The molecule has 0 aliphatic carbocycles. The topological polar surface area (TPSA) is 102 Å². The molecule has 0 fully saturated rings. The Morgan fingerprint density at radius 1 is 1.35 bits per heavy atom. The van der Waals surface area contributed by atoms with Crippen molar-refractivity contribution in [3.8, 4) is 0 Å². The molecule has 0 saturated carbocycles. The molecule has 0 aliphatic heterocycles. The first-order chi connectivity index (χ1) is 8.85. The van der Waals surface area contributed by atoms with Crippen molar-refractivity contribution >= 4 is 21.4 Å². The Bertz CT molecular complexity index is 609. The van der Waals surface area contributed by atoms with Crippen molar-refractivity contribution in [2.75, 3.05) is 11.6 Å². The second-order valence-corrected chi connectivity index (χ2v) is 6.27. The van der Waals surface area contributed by atoms with E-state index in [1.165, 1.54) is 0 Å². The predicted octanol–water partition coefficient (Wildman–Crippen LogP) is 0.703. The largest absolute Gasteiger partial charge is 0.415 e. The number of nitrogens with zero attached hydrogens (tertiary/aromatic N) is 1. The zero-order valence-electron chi connectivity index (χ0n) is 10.5. The van der Waals surface area contributed by atoms with E-state index in [4.69, 9.17) is 5.73 Å². The highest BCUT2D eigenvalue weighted by molar-refractivity contribution is 7.90. The predicted molar refractivity (Wildman–Crippen MR) is 64.6 cm³/mol. The summed E-state index contributed by atoms with van der Waals surface area (Å²) in [6, 6.07) is 2.18. The molecule has 6 nitrogen and oxygen atoms in total. The van der Waals surface area contributed by atoms with Crippen molar-refractivity contribution in [2.45, 2.75) is 23.7 Å². The van der Waals surface area contributed by atoms with Gasteiger partial charge in [0.25, 0.3) is 5.91 Å². The zero-order valence-corrected chi connectivity index (χ0v) is 11.3. The highest BCUT2D eigenvalue weighted by Crippen LogP contribution is 2.29. The maximum absolute atomic E-state index is 12.5. The number of carbonyl (C=O) groups excluding carboxylic acids is 1. The van der Waals surface area contributed by atoms with Crippen LogP contribution in [0.2, 0.25) is 0 Å². The van der Waals surface area contributed by atoms with Crippen molar-refractivity contribution in [1.29, 1.82) is 0 Å². The Morgan fingerprint density at radius 2 is 1.90 bits per heavy atom. The van der Waals surface area contributed by atoms with Crippen LogP contribution in [-0.2, 0) is 14.6 Å². The number of alkyl halides is 3. The standard InChI is InChI=1S/C10H12F3N3O3S/c1-9(14,10(11,12)13)8(17)16-6-3-4-7(15-5-6)20(2,18)19/h3-5H,14H2,1-2H3,(H,16,17). The van der Waals surface area contributed by atoms with Crippen molar-refractivity contribution in [3.63, 3.8) is 0 Å². The van der Waals surface area contributed by atoms with Crippen LogP contribution in [0.1, 0.15) is 6.92 Å². The first kappa shape index (κ1) is 16.4. The normalized spacial score (nSPS) is 15.5. The highest BCUT2D eigenvalue weighted by Gasteiger charge is 2.53. The molecule has 1 aromatic heterocycles. The van der Waals surface area contributed by atoms with E-state index in [9.17, 15) is 26.4 Å². The molecule has 0 aliphatic rings. The van der Waals surface area contributed by atoms with Gasteiger partial charge in [0.2, 0.25) is 0 Å². The number of nitrogens with two attached hydrogens (primary N) is 1. The van der Waals surface area contributed by atoms with Gasteiger partial charge < -0.3 is 11.1 Å². The van der Waals surface area contributed by atoms with E-state index in [0.29, 0.717) is 6.92 Å². The molecule has 1 amide bonds. The molecule has 1 atom stereocenters.